The molecule has 1 unspecified atom stereocenters. The fourth-order valence-corrected chi connectivity index (χ4v) is 2.06. The third-order valence-corrected chi connectivity index (χ3v) is 3.60. The molecule has 1 aliphatic rings. The molecular formula is C16H25NO2. The standard InChI is InChI=1S/C16H25NO2/c1-4-12-6-9-15(16(10-12)18-3)19-14(5-2)11-17-13-7-8-13/h6,9-10,13-14,17H,4-5,7-8,11H2,1-3H3. The van der Waals surface area contributed by atoms with Gasteiger partial charge in [-0.25, -0.2) is 0 Å². The van der Waals surface area contributed by atoms with Gasteiger partial charge in [-0.2, -0.15) is 0 Å². The number of aryl methyl sites for hydroxylation is 1. The van der Waals surface area contributed by atoms with Crippen molar-refractivity contribution in [1.29, 1.82) is 0 Å². The monoisotopic (exact) mass is 263 g/mol. The first-order chi connectivity index (χ1) is 9.26. The average molecular weight is 263 g/mol. The first-order valence-corrected chi connectivity index (χ1v) is 7.33. The molecule has 0 radical (unpaired) electrons. The van der Waals surface area contributed by atoms with Crippen molar-refractivity contribution < 1.29 is 9.47 Å². The van der Waals surface area contributed by atoms with Gasteiger partial charge < -0.3 is 14.8 Å². The minimum absolute atomic E-state index is 0.210. The molecule has 0 amide bonds. The van der Waals surface area contributed by atoms with E-state index in [2.05, 4.69) is 31.3 Å². The molecule has 1 aromatic carbocycles. The molecule has 3 heteroatoms. The molecule has 0 aliphatic heterocycles. The molecule has 0 saturated heterocycles. The van der Waals surface area contributed by atoms with E-state index in [1.807, 2.05) is 6.07 Å². The van der Waals surface area contributed by atoms with Crippen LogP contribution in [-0.2, 0) is 6.42 Å². The minimum Gasteiger partial charge on any atom is -0.493 e. The van der Waals surface area contributed by atoms with Gasteiger partial charge >= 0.3 is 0 Å². The Hall–Kier alpha value is -1.22. The second-order valence-electron chi connectivity index (χ2n) is 5.17. The number of methoxy groups -OCH3 is 1. The highest BCUT2D eigenvalue weighted by molar-refractivity contribution is 5.43. The zero-order chi connectivity index (χ0) is 13.7. The lowest BCUT2D eigenvalue weighted by atomic mass is 10.1. The summed E-state index contributed by atoms with van der Waals surface area (Å²) in [6.45, 7) is 5.22. The summed E-state index contributed by atoms with van der Waals surface area (Å²) >= 11 is 0. The molecule has 1 aromatic rings. The zero-order valence-corrected chi connectivity index (χ0v) is 12.2. The van der Waals surface area contributed by atoms with Gasteiger partial charge in [-0.1, -0.05) is 19.9 Å². The SMILES string of the molecule is CCc1ccc(OC(CC)CNC2CC2)c(OC)c1. The van der Waals surface area contributed by atoms with Crippen LogP contribution in [0, 0.1) is 0 Å². The Kier molecular flexibility index (Phi) is 5.08. The molecule has 0 bridgehead atoms. The van der Waals surface area contributed by atoms with Crippen LogP contribution in [0.4, 0.5) is 0 Å². The largest absolute Gasteiger partial charge is 0.493 e. The molecule has 0 heterocycles. The van der Waals surface area contributed by atoms with Crippen molar-refractivity contribution in [2.24, 2.45) is 0 Å². The van der Waals surface area contributed by atoms with E-state index < -0.39 is 0 Å². The van der Waals surface area contributed by atoms with Gasteiger partial charge in [-0.3, -0.25) is 0 Å². The lowest BCUT2D eigenvalue weighted by Gasteiger charge is -2.20. The van der Waals surface area contributed by atoms with Gasteiger partial charge in [0.15, 0.2) is 11.5 Å². The van der Waals surface area contributed by atoms with Gasteiger partial charge in [0, 0.05) is 12.6 Å². The normalized spacial score (nSPS) is 16.2. The summed E-state index contributed by atoms with van der Waals surface area (Å²) in [5.74, 6) is 1.69. The fraction of sp³-hybridized carbons (Fsp3) is 0.625. The number of hydrogen-bond donors (Lipinski definition) is 1. The Bertz CT molecular complexity index is 402. The maximum atomic E-state index is 6.08. The second-order valence-corrected chi connectivity index (χ2v) is 5.17. The van der Waals surface area contributed by atoms with Crippen LogP contribution in [0.1, 0.15) is 38.7 Å². The maximum Gasteiger partial charge on any atom is 0.161 e. The Morgan fingerprint density at radius 1 is 1.26 bits per heavy atom. The molecule has 2 rings (SSSR count). The molecule has 1 saturated carbocycles. The molecule has 1 N–H and O–H groups in total. The molecule has 3 nitrogen and oxygen atoms in total. The Morgan fingerprint density at radius 2 is 2.05 bits per heavy atom. The van der Waals surface area contributed by atoms with Crippen LogP contribution in [0.15, 0.2) is 18.2 Å². The van der Waals surface area contributed by atoms with Crippen molar-refractivity contribution in [3.63, 3.8) is 0 Å². The van der Waals surface area contributed by atoms with E-state index in [0.29, 0.717) is 0 Å². The van der Waals surface area contributed by atoms with Crippen molar-refractivity contribution in [3.8, 4) is 11.5 Å². The van der Waals surface area contributed by atoms with Gasteiger partial charge in [0.25, 0.3) is 0 Å². The van der Waals surface area contributed by atoms with Crippen LogP contribution in [0.3, 0.4) is 0 Å². The first-order valence-electron chi connectivity index (χ1n) is 7.33. The van der Waals surface area contributed by atoms with E-state index in [4.69, 9.17) is 9.47 Å². The van der Waals surface area contributed by atoms with E-state index >= 15 is 0 Å². The fourth-order valence-electron chi connectivity index (χ4n) is 2.06. The Balaban J connectivity index is 1.98. The van der Waals surface area contributed by atoms with Crippen molar-refractivity contribution in [3.05, 3.63) is 23.8 Å². The van der Waals surface area contributed by atoms with Crippen molar-refractivity contribution in [2.45, 2.75) is 51.7 Å². The maximum absolute atomic E-state index is 6.08. The molecule has 0 aromatic heterocycles. The first kappa shape index (κ1) is 14.2. The molecular weight excluding hydrogens is 238 g/mol. The van der Waals surface area contributed by atoms with Crippen LogP contribution >= 0.6 is 0 Å². The van der Waals surface area contributed by atoms with Crippen LogP contribution in [0.25, 0.3) is 0 Å². The number of rotatable bonds is 8. The highest BCUT2D eigenvalue weighted by Gasteiger charge is 2.22. The number of ether oxygens (including phenoxy) is 2. The number of nitrogens with one attached hydrogen (secondary N) is 1. The van der Waals surface area contributed by atoms with Crippen molar-refractivity contribution in [1.82, 2.24) is 5.32 Å². The molecule has 1 aliphatic carbocycles. The van der Waals surface area contributed by atoms with Gasteiger partial charge in [-0.05, 0) is 43.4 Å². The van der Waals surface area contributed by atoms with E-state index in [0.717, 1.165) is 36.9 Å². The smallest absolute Gasteiger partial charge is 0.161 e. The Labute approximate surface area is 116 Å². The summed E-state index contributed by atoms with van der Waals surface area (Å²) in [4.78, 5) is 0. The van der Waals surface area contributed by atoms with Crippen molar-refractivity contribution in [2.75, 3.05) is 13.7 Å². The van der Waals surface area contributed by atoms with Crippen LogP contribution in [0.2, 0.25) is 0 Å². The Morgan fingerprint density at radius 3 is 2.63 bits per heavy atom. The molecule has 19 heavy (non-hydrogen) atoms. The van der Waals surface area contributed by atoms with Crippen LogP contribution < -0.4 is 14.8 Å². The van der Waals surface area contributed by atoms with Crippen LogP contribution in [0.5, 0.6) is 11.5 Å². The highest BCUT2D eigenvalue weighted by atomic mass is 16.5. The third kappa shape index (κ3) is 4.13. The van der Waals surface area contributed by atoms with E-state index in [1.165, 1.54) is 18.4 Å². The molecule has 0 spiro atoms. The van der Waals surface area contributed by atoms with Gasteiger partial charge in [0.05, 0.1) is 7.11 Å². The second kappa shape index (κ2) is 6.80. The summed E-state index contributed by atoms with van der Waals surface area (Å²) in [5.41, 5.74) is 1.27. The number of hydrogen-bond acceptors (Lipinski definition) is 3. The quantitative estimate of drug-likeness (QED) is 0.781. The van der Waals surface area contributed by atoms with Crippen molar-refractivity contribution >= 4 is 0 Å². The summed E-state index contributed by atoms with van der Waals surface area (Å²) in [7, 11) is 1.70. The summed E-state index contributed by atoms with van der Waals surface area (Å²) in [6.07, 6.45) is 4.84. The summed E-state index contributed by atoms with van der Waals surface area (Å²) in [5, 5.41) is 3.52. The third-order valence-electron chi connectivity index (χ3n) is 3.60. The number of benzene rings is 1. The van der Waals surface area contributed by atoms with Gasteiger partial charge in [-0.15, -0.1) is 0 Å². The zero-order valence-electron chi connectivity index (χ0n) is 12.2. The molecule has 1 atom stereocenters. The lowest BCUT2D eigenvalue weighted by molar-refractivity contribution is 0.185. The van der Waals surface area contributed by atoms with E-state index in [-0.39, 0.29) is 6.10 Å². The average Bonchev–Trinajstić information content (AvgIpc) is 3.27. The highest BCUT2D eigenvalue weighted by Crippen LogP contribution is 2.29. The molecule has 1 fully saturated rings. The topological polar surface area (TPSA) is 30.5 Å². The summed E-state index contributed by atoms with van der Waals surface area (Å²) < 4.78 is 11.5. The van der Waals surface area contributed by atoms with E-state index in [1.54, 1.807) is 7.11 Å². The van der Waals surface area contributed by atoms with Gasteiger partial charge in [0.2, 0.25) is 0 Å². The summed E-state index contributed by atoms with van der Waals surface area (Å²) in [6, 6.07) is 6.93. The molecule has 106 valence electrons. The van der Waals surface area contributed by atoms with Crippen LogP contribution in [-0.4, -0.2) is 25.8 Å². The minimum atomic E-state index is 0.210. The lowest BCUT2D eigenvalue weighted by Crippen LogP contribution is -2.32. The predicted molar refractivity (Wildman–Crippen MR) is 78.1 cm³/mol. The predicted octanol–water partition coefficient (Wildman–Crippen LogP) is 3.17. The van der Waals surface area contributed by atoms with Gasteiger partial charge in [0.1, 0.15) is 6.10 Å². The van der Waals surface area contributed by atoms with E-state index in [9.17, 15) is 0 Å².